The molecule has 18 heavy (non-hydrogen) atoms. The van der Waals surface area contributed by atoms with Gasteiger partial charge in [0.05, 0.1) is 0 Å². The highest BCUT2D eigenvalue weighted by Gasteiger charge is 2.18. The lowest BCUT2D eigenvalue weighted by atomic mass is 9.92. The van der Waals surface area contributed by atoms with E-state index in [1.807, 2.05) is 25.4 Å². The van der Waals surface area contributed by atoms with E-state index in [9.17, 15) is 4.79 Å². The van der Waals surface area contributed by atoms with Crippen molar-refractivity contribution in [3.8, 4) is 0 Å². The lowest BCUT2D eigenvalue weighted by molar-refractivity contribution is 0.101. The standard InChI is InChI=1S/C13H18N4O/c1-13(2,3)10-8-11(16-15-10)14-12(18)9-6-5-7-17(9)4/h5-8H,1-4H3,(H2,14,15,16,18). The molecule has 0 bridgehead atoms. The van der Waals surface area contributed by atoms with Crippen LogP contribution in [0.1, 0.15) is 37.0 Å². The molecule has 0 aromatic carbocycles. The predicted octanol–water partition coefficient (Wildman–Crippen LogP) is 2.30. The number of aryl methyl sites for hydroxylation is 1. The van der Waals surface area contributed by atoms with Crippen LogP contribution < -0.4 is 5.32 Å². The van der Waals surface area contributed by atoms with Crippen LogP contribution in [0.4, 0.5) is 5.82 Å². The molecule has 0 aliphatic carbocycles. The van der Waals surface area contributed by atoms with Gasteiger partial charge >= 0.3 is 0 Å². The van der Waals surface area contributed by atoms with E-state index in [4.69, 9.17) is 0 Å². The van der Waals surface area contributed by atoms with Crippen molar-refractivity contribution in [3.63, 3.8) is 0 Å². The molecule has 1 amide bonds. The van der Waals surface area contributed by atoms with E-state index in [-0.39, 0.29) is 11.3 Å². The molecule has 0 saturated heterocycles. The van der Waals surface area contributed by atoms with E-state index < -0.39 is 0 Å². The number of hydrogen-bond donors (Lipinski definition) is 2. The largest absolute Gasteiger partial charge is 0.347 e. The van der Waals surface area contributed by atoms with Crippen molar-refractivity contribution in [1.29, 1.82) is 0 Å². The minimum absolute atomic E-state index is 0.0129. The number of amides is 1. The van der Waals surface area contributed by atoms with Crippen LogP contribution in [0.2, 0.25) is 0 Å². The molecule has 2 rings (SSSR count). The van der Waals surface area contributed by atoms with E-state index in [0.29, 0.717) is 11.5 Å². The normalized spacial score (nSPS) is 11.6. The zero-order valence-electron chi connectivity index (χ0n) is 11.1. The summed E-state index contributed by atoms with van der Waals surface area (Å²) in [6, 6.07) is 5.47. The maximum atomic E-state index is 12.0. The highest BCUT2D eigenvalue weighted by Crippen LogP contribution is 2.22. The van der Waals surface area contributed by atoms with Crippen LogP contribution in [-0.4, -0.2) is 20.7 Å². The maximum Gasteiger partial charge on any atom is 0.273 e. The summed E-state index contributed by atoms with van der Waals surface area (Å²) in [7, 11) is 1.83. The molecule has 0 unspecified atom stereocenters. The molecule has 0 spiro atoms. The molecule has 5 heteroatoms. The van der Waals surface area contributed by atoms with Crippen LogP contribution in [0.3, 0.4) is 0 Å². The lowest BCUT2D eigenvalue weighted by Crippen LogP contribution is -2.15. The number of aromatic amines is 1. The Morgan fingerprint density at radius 2 is 2.17 bits per heavy atom. The third-order valence-corrected chi connectivity index (χ3v) is 2.80. The van der Waals surface area contributed by atoms with Crippen molar-refractivity contribution in [1.82, 2.24) is 14.8 Å². The van der Waals surface area contributed by atoms with E-state index >= 15 is 0 Å². The first-order chi connectivity index (χ1) is 8.38. The average molecular weight is 246 g/mol. The number of nitrogens with one attached hydrogen (secondary N) is 2. The van der Waals surface area contributed by atoms with Gasteiger partial charge in [-0.2, -0.15) is 5.10 Å². The van der Waals surface area contributed by atoms with Crippen LogP contribution in [0.15, 0.2) is 24.4 Å². The second-order valence-electron chi connectivity index (χ2n) is 5.38. The fourth-order valence-corrected chi connectivity index (χ4v) is 1.65. The minimum atomic E-state index is -0.158. The first-order valence-electron chi connectivity index (χ1n) is 5.86. The van der Waals surface area contributed by atoms with Crippen molar-refractivity contribution < 1.29 is 4.79 Å². The van der Waals surface area contributed by atoms with Gasteiger partial charge in [0.2, 0.25) is 0 Å². The van der Waals surface area contributed by atoms with Gasteiger partial charge in [-0.25, -0.2) is 0 Å². The first-order valence-corrected chi connectivity index (χ1v) is 5.86. The number of rotatable bonds is 2. The van der Waals surface area contributed by atoms with Crippen molar-refractivity contribution in [2.45, 2.75) is 26.2 Å². The summed E-state index contributed by atoms with van der Waals surface area (Å²) in [6.45, 7) is 6.26. The van der Waals surface area contributed by atoms with Crippen LogP contribution in [0.25, 0.3) is 0 Å². The van der Waals surface area contributed by atoms with Gasteiger partial charge in [0.1, 0.15) is 5.69 Å². The second-order valence-corrected chi connectivity index (χ2v) is 5.38. The van der Waals surface area contributed by atoms with Gasteiger partial charge in [-0.05, 0) is 12.1 Å². The van der Waals surface area contributed by atoms with Crippen LogP contribution >= 0.6 is 0 Å². The van der Waals surface area contributed by atoms with Crippen molar-refractivity contribution >= 4 is 11.7 Å². The Hall–Kier alpha value is -2.04. The number of carbonyl (C=O) groups is 1. The third kappa shape index (κ3) is 2.45. The van der Waals surface area contributed by atoms with E-state index in [0.717, 1.165) is 5.69 Å². The number of aromatic nitrogens is 3. The second kappa shape index (κ2) is 4.33. The summed E-state index contributed by atoms with van der Waals surface area (Å²) >= 11 is 0. The maximum absolute atomic E-state index is 12.0. The highest BCUT2D eigenvalue weighted by molar-refractivity contribution is 6.02. The SMILES string of the molecule is Cn1cccc1C(=O)Nc1cc(C(C)(C)C)[nH]n1. The van der Waals surface area contributed by atoms with E-state index in [1.54, 1.807) is 10.6 Å². The van der Waals surface area contributed by atoms with Gasteiger partial charge in [0, 0.05) is 30.4 Å². The fourth-order valence-electron chi connectivity index (χ4n) is 1.65. The summed E-state index contributed by atoms with van der Waals surface area (Å²) in [5, 5.41) is 9.81. The fraction of sp³-hybridized carbons (Fsp3) is 0.385. The van der Waals surface area contributed by atoms with Crippen LogP contribution in [0, 0.1) is 0 Å². The predicted molar refractivity (Wildman–Crippen MR) is 70.7 cm³/mol. The Kier molecular flexibility index (Phi) is 2.98. The van der Waals surface area contributed by atoms with Gasteiger partial charge in [0.15, 0.2) is 5.82 Å². The molecule has 0 aliphatic rings. The Balaban J connectivity index is 2.13. The van der Waals surface area contributed by atoms with Crippen LogP contribution in [0.5, 0.6) is 0 Å². The Morgan fingerprint density at radius 1 is 1.44 bits per heavy atom. The molecule has 2 N–H and O–H groups in total. The smallest absolute Gasteiger partial charge is 0.273 e. The monoisotopic (exact) mass is 246 g/mol. The zero-order valence-corrected chi connectivity index (χ0v) is 11.1. The average Bonchev–Trinajstić information content (AvgIpc) is 2.85. The molecule has 96 valence electrons. The van der Waals surface area contributed by atoms with Crippen LogP contribution in [-0.2, 0) is 12.5 Å². The van der Waals surface area contributed by atoms with Crippen molar-refractivity contribution in [2.75, 3.05) is 5.32 Å². The highest BCUT2D eigenvalue weighted by atomic mass is 16.2. The number of hydrogen-bond acceptors (Lipinski definition) is 2. The Morgan fingerprint density at radius 3 is 2.67 bits per heavy atom. The molecule has 0 radical (unpaired) electrons. The summed E-state index contributed by atoms with van der Waals surface area (Å²) in [5.41, 5.74) is 1.58. The van der Waals surface area contributed by atoms with Gasteiger partial charge in [-0.1, -0.05) is 20.8 Å². The van der Waals surface area contributed by atoms with Gasteiger partial charge in [-0.15, -0.1) is 0 Å². The molecular weight excluding hydrogens is 228 g/mol. The molecule has 2 aromatic rings. The molecule has 0 aliphatic heterocycles. The quantitative estimate of drug-likeness (QED) is 0.854. The summed E-state index contributed by atoms with van der Waals surface area (Å²) in [5.74, 6) is 0.389. The Labute approximate surface area is 106 Å². The molecule has 0 saturated carbocycles. The van der Waals surface area contributed by atoms with Crippen molar-refractivity contribution in [2.24, 2.45) is 7.05 Å². The topological polar surface area (TPSA) is 62.7 Å². The van der Waals surface area contributed by atoms with Gasteiger partial charge < -0.3 is 9.88 Å². The summed E-state index contributed by atoms with van der Waals surface area (Å²) in [4.78, 5) is 12.0. The van der Waals surface area contributed by atoms with Gasteiger partial charge in [-0.3, -0.25) is 9.89 Å². The molecule has 2 heterocycles. The van der Waals surface area contributed by atoms with E-state index in [2.05, 4.69) is 36.3 Å². The number of nitrogens with zero attached hydrogens (tertiary/aromatic N) is 2. The molecular formula is C13H18N4O. The number of H-pyrrole nitrogens is 1. The van der Waals surface area contributed by atoms with Gasteiger partial charge in [0.25, 0.3) is 5.91 Å². The van der Waals surface area contributed by atoms with Crippen molar-refractivity contribution in [3.05, 3.63) is 35.8 Å². The number of carbonyl (C=O) groups excluding carboxylic acids is 1. The minimum Gasteiger partial charge on any atom is -0.347 e. The molecule has 0 atom stereocenters. The summed E-state index contributed by atoms with van der Waals surface area (Å²) < 4.78 is 1.77. The number of anilines is 1. The third-order valence-electron chi connectivity index (χ3n) is 2.80. The summed E-state index contributed by atoms with van der Waals surface area (Å²) in [6.07, 6.45) is 1.83. The first kappa shape index (κ1) is 12.4. The van der Waals surface area contributed by atoms with E-state index in [1.165, 1.54) is 0 Å². The zero-order chi connectivity index (χ0) is 13.3. The lowest BCUT2D eigenvalue weighted by Gasteiger charge is -2.14. The molecule has 2 aromatic heterocycles. The molecule has 5 nitrogen and oxygen atoms in total. The Bertz CT molecular complexity index is 560. The molecule has 0 fully saturated rings.